The van der Waals surface area contributed by atoms with Crippen molar-refractivity contribution in [3.8, 4) is 0 Å². The van der Waals surface area contributed by atoms with Crippen molar-refractivity contribution in [1.29, 1.82) is 0 Å². The van der Waals surface area contributed by atoms with Gasteiger partial charge in [-0.3, -0.25) is 4.79 Å². The van der Waals surface area contributed by atoms with Crippen LogP contribution in [0.4, 0.5) is 0 Å². The maximum atomic E-state index is 11.4. The highest BCUT2D eigenvalue weighted by molar-refractivity contribution is 5.73. The van der Waals surface area contributed by atoms with Gasteiger partial charge in [0.2, 0.25) is 0 Å². The first-order valence-corrected chi connectivity index (χ1v) is 5.61. The van der Waals surface area contributed by atoms with Crippen molar-refractivity contribution in [2.75, 3.05) is 7.11 Å². The zero-order valence-electron chi connectivity index (χ0n) is 10.2. The second kappa shape index (κ2) is 4.12. The van der Waals surface area contributed by atoms with Crippen LogP contribution in [0.1, 0.15) is 46.5 Å². The molecule has 0 spiro atoms. The first-order chi connectivity index (χ1) is 6.81. The monoisotopic (exact) mass is 214 g/mol. The van der Waals surface area contributed by atoms with Crippen molar-refractivity contribution in [3.63, 3.8) is 0 Å². The molecule has 1 rings (SSSR count). The van der Waals surface area contributed by atoms with Crippen LogP contribution in [0.3, 0.4) is 0 Å². The zero-order chi connectivity index (χ0) is 11.7. The standard InChI is InChI=1S/C12H22O3/c1-9(10(13)15-4)12(14)7-5-6-11(2,3)8-12/h9,14H,5-8H2,1-4H3. The summed E-state index contributed by atoms with van der Waals surface area (Å²) in [6, 6.07) is 0. The lowest BCUT2D eigenvalue weighted by molar-refractivity contribution is -0.160. The SMILES string of the molecule is COC(=O)C(C)C1(O)CCCC(C)(C)C1. The number of carbonyl (C=O) groups excluding carboxylic acids is 1. The fourth-order valence-electron chi connectivity index (χ4n) is 2.64. The van der Waals surface area contributed by atoms with Crippen LogP contribution in [0.2, 0.25) is 0 Å². The third kappa shape index (κ3) is 2.71. The van der Waals surface area contributed by atoms with Crippen LogP contribution in [0, 0.1) is 11.3 Å². The van der Waals surface area contributed by atoms with Gasteiger partial charge in [0.05, 0.1) is 18.6 Å². The molecule has 0 bridgehead atoms. The number of aliphatic hydroxyl groups is 1. The molecule has 1 saturated carbocycles. The van der Waals surface area contributed by atoms with Crippen molar-refractivity contribution in [2.45, 2.75) is 52.1 Å². The molecule has 0 aromatic rings. The smallest absolute Gasteiger partial charge is 0.311 e. The number of ether oxygens (including phenoxy) is 1. The van der Waals surface area contributed by atoms with Gasteiger partial charge in [-0.1, -0.05) is 20.3 Å². The Hall–Kier alpha value is -0.570. The summed E-state index contributed by atoms with van der Waals surface area (Å²) in [7, 11) is 1.37. The molecule has 0 aromatic heterocycles. The minimum Gasteiger partial charge on any atom is -0.469 e. The molecule has 88 valence electrons. The highest BCUT2D eigenvalue weighted by atomic mass is 16.5. The largest absolute Gasteiger partial charge is 0.469 e. The van der Waals surface area contributed by atoms with Crippen LogP contribution in [0.5, 0.6) is 0 Å². The normalized spacial score (nSPS) is 32.1. The number of methoxy groups -OCH3 is 1. The van der Waals surface area contributed by atoms with Gasteiger partial charge in [0.15, 0.2) is 0 Å². The highest BCUT2D eigenvalue weighted by Crippen LogP contribution is 2.44. The van der Waals surface area contributed by atoms with E-state index in [1.54, 1.807) is 6.92 Å². The van der Waals surface area contributed by atoms with Gasteiger partial charge in [-0.2, -0.15) is 0 Å². The Morgan fingerprint density at radius 1 is 1.40 bits per heavy atom. The number of hydrogen-bond donors (Lipinski definition) is 1. The quantitative estimate of drug-likeness (QED) is 0.716. The molecule has 15 heavy (non-hydrogen) atoms. The molecular formula is C12H22O3. The van der Waals surface area contributed by atoms with E-state index in [0.717, 1.165) is 12.8 Å². The molecule has 0 radical (unpaired) electrons. The van der Waals surface area contributed by atoms with E-state index < -0.39 is 11.5 Å². The van der Waals surface area contributed by atoms with Crippen molar-refractivity contribution in [1.82, 2.24) is 0 Å². The van der Waals surface area contributed by atoms with Crippen LogP contribution in [0.15, 0.2) is 0 Å². The summed E-state index contributed by atoms with van der Waals surface area (Å²) in [5.74, 6) is -0.739. The van der Waals surface area contributed by atoms with Crippen LogP contribution in [-0.4, -0.2) is 23.8 Å². The molecule has 0 aliphatic heterocycles. The van der Waals surface area contributed by atoms with Gasteiger partial charge in [-0.05, 0) is 31.6 Å². The van der Waals surface area contributed by atoms with E-state index in [-0.39, 0.29) is 11.4 Å². The summed E-state index contributed by atoms with van der Waals surface area (Å²) < 4.78 is 4.70. The summed E-state index contributed by atoms with van der Waals surface area (Å²) in [6.45, 7) is 6.04. The maximum absolute atomic E-state index is 11.4. The van der Waals surface area contributed by atoms with Gasteiger partial charge in [-0.15, -0.1) is 0 Å². The Bertz CT molecular complexity index is 247. The summed E-state index contributed by atoms with van der Waals surface area (Å²) in [5.41, 5.74) is -0.760. The van der Waals surface area contributed by atoms with Crippen LogP contribution < -0.4 is 0 Å². The maximum Gasteiger partial charge on any atom is 0.311 e. The van der Waals surface area contributed by atoms with E-state index in [2.05, 4.69) is 13.8 Å². The molecule has 1 fully saturated rings. The lowest BCUT2D eigenvalue weighted by atomic mass is 9.66. The Morgan fingerprint density at radius 2 is 2.00 bits per heavy atom. The third-order valence-electron chi connectivity index (χ3n) is 3.61. The van der Waals surface area contributed by atoms with Crippen molar-refractivity contribution in [3.05, 3.63) is 0 Å². The molecule has 2 atom stereocenters. The Balaban J connectivity index is 2.77. The molecule has 1 aliphatic carbocycles. The van der Waals surface area contributed by atoms with Gasteiger partial charge in [0.25, 0.3) is 0 Å². The fraction of sp³-hybridized carbons (Fsp3) is 0.917. The number of carbonyl (C=O) groups is 1. The number of hydrogen-bond acceptors (Lipinski definition) is 3. The molecule has 1 N–H and O–H groups in total. The van der Waals surface area contributed by atoms with Crippen LogP contribution >= 0.6 is 0 Å². The van der Waals surface area contributed by atoms with E-state index >= 15 is 0 Å². The molecule has 2 unspecified atom stereocenters. The molecule has 1 aliphatic rings. The number of esters is 1. The van der Waals surface area contributed by atoms with Crippen molar-refractivity contribution in [2.24, 2.45) is 11.3 Å². The van der Waals surface area contributed by atoms with E-state index in [1.165, 1.54) is 7.11 Å². The minimum atomic E-state index is -0.880. The van der Waals surface area contributed by atoms with Crippen LogP contribution in [-0.2, 0) is 9.53 Å². The summed E-state index contributed by atoms with van der Waals surface area (Å²) >= 11 is 0. The predicted octanol–water partition coefficient (Wildman–Crippen LogP) is 2.13. The Morgan fingerprint density at radius 3 is 2.47 bits per heavy atom. The van der Waals surface area contributed by atoms with E-state index in [0.29, 0.717) is 12.8 Å². The third-order valence-corrected chi connectivity index (χ3v) is 3.61. The lowest BCUT2D eigenvalue weighted by Crippen LogP contribution is -2.47. The second-order valence-electron chi connectivity index (χ2n) is 5.54. The molecule has 3 nitrogen and oxygen atoms in total. The summed E-state index contributed by atoms with van der Waals surface area (Å²) in [6.07, 6.45) is 3.47. The van der Waals surface area contributed by atoms with Gasteiger partial charge in [0.1, 0.15) is 0 Å². The molecular weight excluding hydrogens is 192 g/mol. The van der Waals surface area contributed by atoms with Crippen LogP contribution in [0.25, 0.3) is 0 Å². The topological polar surface area (TPSA) is 46.5 Å². The predicted molar refractivity (Wildman–Crippen MR) is 58.4 cm³/mol. The van der Waals surface area contributed by atoms with Crippen molar-refractivity contribution < 1.29 is 14.6 Å². The number of rotatable bonds is 2. The zero-order valence-corrected chi connectivity index (χ0v) is 10.2. The van der Waals surface area contributed by atoms with E-state index in [1.807, 2.05) is 0 Å². The first-order valence-electron chi connectivity index (χ1n) is 5.61. The molecule has 0 amide bonds. The molecule has 0 aromatic carbocycles. The Kier molecular flexibility index (Phi) is 3.44. The average molecular weight is 214 g/mol. The fourth-order valence-corrected chi connectivity index (χ4v) is 2.64. The summed E-state index contributed by atoms with van der Waals surface area (Å²) in [5, 5.41) is 10.5. The minimum absolute atomic E-state index is 0.120. The second-order valence-corrected chi connectivity index (χ2v) is 5.54. The van der Waals surface area contributed by atoms with Gasteiger partial charge in [0, 0.05) is 0 Å². The molecule has 0 saturated heterocycles. The van der Waals surface area contributed by atoms with Gasteiger partial charge >= 0.3 is 5.97 Å². The highest BCUT2D eigenvalue weighted by Gasteiger charge is 2.45. The van der Waals surface area contributed by atoms with E-state index in [9.17, 15) is 9.90 Å². The van der Waals surface area contributed by atoms with Crippen molar-refractivity contribution >= 4 is 5.97 Å². The Labute approximate surface area is 91.8 Å². The van der Waals surface area contributed by atoms with E-state index in [4.69, 9.17) is 4.74 Å². The van der Waals surface area contributed by atoms with Gasteiger partial charge < -0.3 is 9.84 Å². The average Bonchev–Trinajstić information content (AvgIpc) is 2.13. The van der Waals surface area contributed by atoms with Gasteiger partial charge in [-0.25, -0.2) is 0 Å². The molecule has 0 heterocycles. The summed E-state index contributed by atoms with van der Waals surface area (Å²) in [4.78, 5) is 11.4. The molecule has 3 heteroatoms. The first kappa shape index (κ1) is 12.5. The lowest BCUT2D eigenvalue weighted by Gasteiger charge is -2.43.